The maximum absolute atomic E-state index is 13.9. The minimum Gasteiger partial charge on any atom is -0.491 e. The molecule has 4 aromatic rings. The Balaban J connectivity index is 1.61. The summed E-state index contributed by atoms with van der Waals surface area (Å²) in [5.74, 6) is 2.51. The van der Waals surface area contributed by atoms with Gasteiger partial charge in [-0.05, 0) is 179 Å². The molecule has 0 unspecified atom stereocenters. The molecule has 2 aliphatic rings. The van der Waals surface area contributed by atoms with Crippen molar-refractivity contribution in [1.29, 1.82) is 0 Å². The minimum atomic E-state index is -0.850. The van der Waals surface area contributed by atoms with Crippen LogP contribution in [0.3, 0.4) is 0 Å². The first kappa shape index (κ1) is 76.6. The lowest BCUT2D eigenvalue weighted by atomic mass is 9.89. The minimum absolute atomic E-state index is 0.0138. The third kappa shape index (κ3) is 26.6. The second-order valence-electron chi connectivity index (χ2n) is 27.3. The summed E-state index contributed by atoms with van der Waals surface area (Å²) in [5.41, 5.74) is 5.47. The highest BCUT2D eigenvalue weighted by Gasteiger charge is 2.31. The van der Waals surface area contributed by atoms with Crippen molar-refractivity contribution in [1.82, 2.24) is 25.3 Å². The molecule has 1 aliphatic heterocycles. The molecule has 0 spiro atoms. The standard InChI is InChI=1S/C73H108N6O16/c1-17-84-33-37-88-61-53-23-21-25-55(61)47-59-43-52(50-77-27-29-78(68(82)94-72(11,12)13)31-32-79(30-28-77)69(83)95-73(14,15)16)44-60(64(59)91-40-36-87-20-4)48-56-26-22-24-54(62(56)89-38-34-85-18-2)46-58-42-51(41-57(45-53)63(58)90-39-35-86-19-3)49-74-65(75-66(80)92-70(5,6)7)76-67(81)93-71(8,9)10/h21-26,41-44H,17-20,27-40,45-50H2,1-16H3,(H2,74,75,76,80,81). The molecule has 2 N–H and O–H groups in total. The Morgan fingerprint density at radius 1 is 0.400 bits per heavy atom. The first-order chi connectivity index (χ1) is 45.0. The highest BCUT2D eigenvalue weighted by molar-refractivity contribution is 6.01. The topological polar surface area (TPSA) is 225 Å². The lowest BCUT2D eigenvalue weighted by molar-refractivity contribution is 0.0154. The number of rotatable bonds is 24. The van der Waals surface area contributed by atoms with E-state index in [2.05, 4.69) is 51.9 Å². The van der Waals surface area contributed by atoms with Crippen molar-refractivity contribution in [2.45, 2.75) is 172 Å². The number of carbonyl (C=O) groups excluding carboxylic acids is 4. The van der Waals surface area contributed by atoms with Crippen LogP contribution < -0.4 is 29.6 Å². The van der Waals surface area contributed by atoms with Crippen LogP contribution in [0.15, 0.2) is 65.7 Å². The number of nitrogens with one attached hydrogen (secondary N) is 2. The van der Waals surface area contributed by atoms with Crippen LogP contribution in [0.25, 0.3) is 0 Å². The number of aliphatic imine (C=N–C) groups is 1. The second-order valence-corrected chi connectivity index (χ2v) is 27.3. The molecule has 1 heterocycles. The summed E-state index contributed by atoms with van der Waals surface area (Å²) in [4.78, 5) is 64.9. The monoisotopic (exact) mass is 1320 g/mol. The van der Waals surface area contributed by atoms with Gasteiger partial charge in [0.2, 0.25) is 5.96 Å². The van der Waals surface area contributed by atoms with Crippen LogP contribution in [-0.2, 0) is 76.7 Å². The first-order valence-corrected chi connectivity index (χ1v) is 33.6. The summed E-state index contributed by atoms with van der Waals surface area (Å²) in [6.07, 6.45) is -1.16. The average molecular weight is 1330 g/mol. The molecule has 0 aromatic heterocycles. The molecule has 0 atom stereocenters. The number of carbonyl (C=O) groups is 4. The van der Waals surface area contributed by atoms with Gasteiger partial charge in [-0.15, -0.1) is 0 Å². The van der Waals surface area contributed by atoms with E-state index < -0.39 is 46.8 Å². The Kier molecular flexibility index (Phi) is 29.6. The molecule has 95 heavy (non-hydrogen) atoms. The lowest BCUT2D eigenvalue weighted by Crippen LogP contribution is -2.47. The molecule has 1 aliphatic carbocycles. The SMILES string of the molecule is CCOCCOc1c2cccc1Cc1cc(CN3CCN(C(=O)OC(C)(C)C)CCN(C(=O)OC(C)(C)C)CC3)cc(c1OCCOCC)Cc1cccc(c1OCCOCC)Cc1cc(CN=C(NC(=O)OC(C)(C)C)NC(=O)OC(C)(C)C)cc(c1OCCOCC)C2. The van der Waals surface area contributed by atoms with Gasteiger partial charge < -0.3 is 66.6 Å². The van der Waals surface area contributed by atoms with Crippen molar-refractivity contribution in [2.75, 3.05) is 119 Å². The number of amides is 4. The number of guanidine groups is 1. The van der Waals surface area contributed by atoms with Crippen molar-refractivity contribution in [3.05, 3.63) is 116 Å². The molecule has 8 bridgehead atoms. The number of fused-ring (bicyclic) bond motifs is 8. The number of benzene rings is 4. The summed E-state index contributed by atoms with van der Waals surface area (Å²) >= 11 is 0. The normalized spacial score (nSPS) is 14.1. The third-order valence-electron chi connectivity index (χ3n) is 14.6. The predicted molar refractivity (Wildman–Crippen MR) is 366 cm³/mol. The van der Waals surface area contributed by atoms with E-state index in [1.807, 2.05) is 93.5 Å². The summed E-state index contributed by atoms with van der Waals surface area (Å²) in [7, 11) is 0. The van der Waals surface area contributed by atoms with Crippen LogP contribution in [0.1, 0.15) is 166 Å². The maximum Gasteiger partial charge on any atom is 0.414 e. The molecule has 4 amide bonds. The smallest absolute Gasteiger partial charge is 0.414 e. The van der Waals surface area contributed by atoms with Crippen molar-refractivity contribution in [3.8, 4) is 23.0 Å². The first-order valence-electron chi connectivity index (χ1n) is 33.6. The van der Waals surface area contributed by atoms with E-state index in [0.29, 0.717) is 134 Å². The van der Waals surface area contributed by atoms with E-state index in [4.69, 9.17) is 61.8 Å². The number of nitrogens with zero attached hydrogens (tertiary/aromatic N) is 4. The fourth-order valence-electron chi connectivity index (χ4n) is 10.8. The molecular weight excluding hydrogens is 1220 g/mol. The molecule has 22 nitrogen and oxygen atoms in total. The molecule has 4 aromatic carbocycles. The third-order valence-corrected chi connectivity index (χ3v) is 14.6. The summed E-state index contributed by atoms with van der Waals surface area (Å²) in [6.45, 7) is 36.4. The van der Waals surface area contributed by atoms with Gasteiger partial charge in [0.1, 0.15) is 71.8 Å². The molecule has 6 rings (SSSR count). The van der Waals surface area contributed by atoms with E-state index in [0.717, 1.165) is 55.6 Å². The van der Waals surface area contributed by atoms with Crippen LogP contribution in [0.2, 0.25) is 0 Å². The van der Waals surface area contributed by atoms with Crippen molar-refractivity contribution in [3.63, 3.8) is 0 Å². The van der Waals surface area contributed by atoms with E-state index >= 15 is 0 Å². The van der Waals surface area contributed by atoms with Crippen molar-refractivity contribution in [2.24, 2.45) is 4.99 Å². The van der Waals surface area contributed by atoms with Crippen LogP contribution >= 0.6 is 0 Å². The molecule has 1 fully saturated rings. The van der Waals surface area contributed by atoms with E-state index in [1.54, 1.807) is 51.3 Å². The van der Waals surface area contributed by atoms with Gasteiger partial charge in [0.25, 0.3) is 0 Å². The Bertz CT molecular complexity index is 2980. The fourth-order valence-corrected chi connectivity index (χ4v) is 10.8. The number of alkyl carbamates (subject to hydrolysis) is 2. The Hall–Kier alpha value is -7.37. The van der Waals surface area contributed by atoms with Gasteiger partial charge in [0, 0.05) is 97.9 Å². The molecular formula is C73H108N6O16. The van der Waals surface area contributed by atoms with Gasteiger partial charge in [-0.2, -0.15) is 0 Å². The van der Waals surface area contributed by atoms with E-state index in [9.17, 15) is 19.2 Å². The van der Waals surface area contributed by atoms with Crippen molar-refractivity contribution < 1.29 is 76.0 Å². The predicted octanol–water partition coefficient (Wildman–Crippen LogP) is 12.2. The summed E-state index contributed by atoms with van der Waals surface area (Å²) in [5, 5.41) is 5.28. The number of para-hydroxylation sites is 2. The lowest BCUT2D eigenvalue weighted by Gasteiger charge is -2.30. The quantitative estimate of drug-likeness (QED) is 0.0253. The Labute approximate surface area is 564 Å². The zero-order chi connectivity index (χ0) is 69.3. The van der Waals surface area contributed by atoms with Gasteiger partial charge in [-0.3, -0.25) is 15.5 Å². The highest BCUT2D eigenvalue weighted by Crippen LogP contribution is 2.40. The van der Waals surface area contributed by atoms with Gasteiger partial charge in [-0.1, -0.05) is 48.5 Å². The van der Waals surface area contributed by atoms with Crippen LogP contribution in [0.4, 0.5) is 19.2 Å². The maximum atomic E-state index is 13.9. The molecule has 526 valence electrons. The van der Waals surface area contributed by atoms with Crippen LogP contribution in [0, 0.1) is 0 Å². The van der Waals surface area contributed by atoms with Gasteiger partial charge in [0.15, 0.2) is 0 Å². The van der Waals surface area contributed by atoms with Crippen molar-refractivity contribution >= 4 is 30.3 Å². The molecule has 22 heteroatoms. The summed E-state index contributed by atoms with van der Waals surface area (Å²) < 4.78 is 74.4. The molecule has 0 saturated carbocycles. The van der Waals surface area contributed by atoms with E-state index in [-0.39, 0.29) is 52.0 Å². The number of ether oxygens (including phenoxy) is 12. The van der Waals surface area contributed by atoms with Gasteiger partial charge in [0.05, 0.1) is 33.0 Å². The van der Waals surface area contributed by atoms with E-state index in [1.165, 1.54) is 0 Å². The van der Waals surface area contributed by atoms with Crippen LogP contribution in [-0.4, -0.2) is 186 Å². The fraction of sp³-hybridized carbons (Fsp3) is 0.603. The highest BCUT2D eigenvalue weighted by atomic mass is 16.6. The zero-order valence-electron chi connectivity index (χ0n) is 59.6. The number of hydrogen-bond acceptors (Lipinski definition) is 18. The number of hydrogen-bond donors (Lipinski definition) is 2. The Morgan fingerprint density at radius 3 is 1.00 bits per heavy atom. The molecule has 1 saturated heterocycles. The average Bonchev–Trinajstić information content (AvgIpc) is 0.871. The summed E-state index contributed by atoms with van der Waals surface area (Å²) in [6, 6.07) is 20.8. The largest absolute Gasteiger partial charge is 0.491 e. The van der Waals surface area contributed by atoms with Gasteiger partial charge in [-0.25, -0.2) is 24.2 Å². The zero-order valence-corrected chi connectivity index (χ0v) is 59.6. The Morgan fingerprint density at radius 2 is 0.695 bits per heavy atom. The van der Waals surface area contributed by atoms with Gasteiger partial charge >= 0.3 is 24.4 Å². The second kappa shape index (κ2) is 36.7. The molecule has 0 radical (unpaired) electrons. The van der Waals surface area contributed by atoms with Crippen LogP contribution in [0.5, 0.6) is 23.0 Å².